The van der Waals surface area contributed by atoms with Gasteiger partial charge in [-0.25, -0.2) is 4.39 Å². The van der Waals surface area contributed by atoms with E-state index in [1.807, 2.05) is 0 Å². The molecule has 1 aliphatic carbocycles. The van der Waals surface area contributed by atoms with Gasteiger partial charge in [-0.05, 0) is 40.9 Å². The number of benzene rings is 1. The van der Waals surface area contributed by atoms with Crippen LogP contribution in [-0.4, -0.2) is 23.7 Å². The Hall–Kier alpha value is -0.940. The first kappa shape index (κ1) is 13.5. The van der Waals surface area contributed by atoms with Crippen molar-refractivity contribution >= 4 is 21.8 Å². The fourth-order valence-electron chi connectivity index (χ4n) is 2.28. The number of hydrogen-bond donors (Lipinski definition) is 2. The predicted octanol–water partition coefficient (Wildman–Crippen LogP) is 2.48. The number of carbonyl (C=O) groups excluding carboxylic acids is 1. The summed E-state index contributed by atoms with van der Waals surface area (Å²) >= 11 is 3.16. The van der Waals surface area contributed by atoms with Gasteiger partial charge in [0.2, 0.25) is 0 Å². The smallest absolute Gasteiger partial charge is 0.255 e. The van der Waals surface area contributed by atoms with Gasteiger partial charge in [0.25, 0.3) is 5.91 Å². The van der Waals surface area contributed by atoms with Gasteiger partial charge in [-0.3, -0.25) is 4.79 Å². The standard InChI is InChI=1S/C13H15BrFNO2/c14-9-4-2-5-10(15)12(9)13(18)16-7-8-3-1-6-11(8)17/h2,4-5,8,11,17H,1,3,6-7H2,(H,16,18). The van der Waals surface area contributed by atoms with Gasteiger partial charge in [-0.15, -0.1) is 0 Å². The summed E-state index contributed by atoms with van der Waals surface area (Å²) in [6, 6.07) is 4.42. The normalized spacial score (nSPS) is 23.1. The maximum Gasteiger partial charge on any atom is 0.255 e. The van der Waals surface area contributed by atoms with Gasteiger partial charge in [-0.2, -0.15) is 0 Å². The zero-order valence-electron chi connectivity index (χ0n) is 9.83. The van der Waals surface area contributed by atoms with E-state index in [-0.39, 0.29) is 17.6 Å². The molecule has 1 amide bonds. The zero-order valence-corrected chi connectivity index (χ0v) is 11.4. The SMILES string of the molecule is O=C(NCC1CCCC1O)c1c(F)cccc1Br. The highest BCUT2D eigenvalue weighted by atomic mass is 79.9. The molecule has 5 heteroatoms. The largest absolute Gasteiger partial charge is 0.393 e. The molecule has 0 saturated heterocycles. The van der Waals surface area contributed by atoms with Crippen molar-refractivity contribution in [2.24, 2.45) is 5.92 Å². The number of carbonyl (C=O) groups is 1. The molecule has 2 atom stereocenters. The molecule has 3 nitrogen and oxygen atoms in total. The van der Waals surface area contributed by atoms with Gasteiger partial charge < -0.3 is 10.4 Å². The maximum absolute atomic E-state index is 13.5. The summed E-state index contributed by atoms with van der Waals surface area (Å²) in [7, 11) is 0. The minimum atomic E-state index is -0.547. The van der Waals surface area contributed by atoms with E-state index in [9.17, 15) is 14.3 Å². The molecular formula is C13H15BrFNO2. The lowest BCUT2D eigenvalue weighted by Gasteiger charge is -2.15. The van der Waals surface area contributed by atoms with Crippen LogP contribution in [0.15, 0.2) is 22.7 Å². The van der Waals surface area contributed by atoms with E-state index < -0.39 is 11.7 Å². The van der Waals surface area contributed by atoms with Crippen LogP contribution >= 0.6 is 15.9 Å². The van der Waals surface area contributed by atoms with Crippen molar-refractivity contribution in [2.75, 3.05) is 6.54 Å². The number of nitrogens with one attached hydrogen (secondary N) is 1. The van der Waals surface area contributed by atoms with Crippen LogP contribution in [0.5, 0.6) is 0 Å². The lowest BCUT2D eigenvalue weighted by atomic mass is 10.1. The Labute approximate surface area is 114 Å². The molecule has 0 bridgehead atoms. The topological polar surface area (TPSA) is 49.3 Å². The molecule has 2 rings (SSSR count). The molecule has 1 aromatic carbocycles. The van der Waals surface area contributed by atoms with Crippen LogP contribution in [0.2, 0.25) is 0 Å². The third-order valence-electron chi connectivity index (χ3n) is 3.33. The average molecular weight is 316 g/mol. The molecule has 1 aliphatic rings. The number of amides is 1. The molecule has 0 aromatic heterocycles. The highest BCUT2D eigenvalue weighted by Crippen LogP contribution is 2.25. The van der Waals surface area contributed by atoms with E-state index in [1.54, 1.807) is 6.07 Å². The summed E-state index contributed by atoms with van der Waals surface area (Å²) in [5.74, 6) is -0.910. The molecule has 1 saturated carbocycles. The Morgan fingerprint density at radius 2 is 2.28 bits per heavy atom. The molecule has 2 N–H and O–H groups in total. The van der Waals surface area contributed by atoms with Crippen molar-refractivity contribution < 1.29 is 14.3 Å². The second-order valence-corrected chi connectivity index (χ2v) is 5.42. The van der Waals surface area contributed by atoms with Crippen molar-refractivity contribution in [2.45, 2.75) is 25.4 Å². The summed E-state index contributed by atoms with van der Waals surface area (Å²) in [5.41, 5.74) is 0.0185. The van der Waals surface area contributed by atoms with Gasteiger partial charge in [0, 0.05) is 16.9 Å². The van der Waals surface area contributed by atoms with E-state index in [0.717, 1.165) is 19.3 Å². The van der Waals surface area contributed by atoms with E-state index in [0.29, 0.717) is 11.0 Å². The highest BCUT2D eigenvalue weighted by molar-refractivity contribution is 9.10. The maximum atomic E-state index is 13.5. The molecule has 0 spiro atoms. The van der Waals surface area contributed by atoms with Crippen LogP contribution in [-0.2, 0) is 0 Å². The Balaban J connectivity index is 1.99. The highest BCUT2D eigenvalue weighted by Gasteiger charge is 2.26. The summed E-state index contributed by atoms with van der Waals surface area (Å²) in [5, 5.41) is 12.3. The van der Waals surface area contributed by atoms with Crippen molar-refractivity contribution in [1.29, 1.82) is 0 Å². The van der Waals surface area contributed by atoms with Gasteiger partial charge in [0.15, 0.2) is 0 Å². The lowest BCUT2D eigenvalue weighted by Crippen LogP contribution is -2.33. The first-order valence-corrected chi connectivity index (χ1v) is 6.79. The van der Waals surface area contributed by atoms with E-state index >= 15 is 0 Å². The molecule has 0 heterocycles. The van der Waals surface area contributed by atoms with Gasteiger partial charge in [0.05, 0.1) is 11.7 Å². The second kappa shape index (κ2) is 5.80. The minimum Gasteiger partial charge on any atom is -0.393 e. The molecule has 98 valence electrons. The molecule has 2 unspecified atom stereocenters. The lowest BCUT2D eigenvalue weighted by molar-refractivity contribution is 0.0912. The minimum absolute atomic E-state index is 0.0185. The van der Waals surface area contributed by atoms with Crippen LogP contribution in [0.4, 0.5) is 4.39 Å². The second-order valence-electron chi connectivity index (χ2n) is 4.57. The predicted molar refractivity (Wildman–Crippen MR) is 69.8 cm³/mol. The first-order chi connectivity index (χ1) is 8.59. The van der Waals surface area contributed by atoms with Gasteiger partial charge in [-0.1, -0.05) is 12.5 Å². The number of hydrogen-bond acceptors (Lipinski definition) is 2. The van der Waals surface area contributed by atoms with Crippen LogP contribution in [0.1, 0.15) is 29.6 Å². The molecule has 18 heavy (non-hydrogen) atoms. The number of rotatable bonds is 3. The van der Waals surface area contributed by atoms with Gasteiger partial charge >= 0.3 is 0 Å². The van der Waals surface area contributed by atoms with Gasteiger partial charge in [0.1, 0.15) is 5.82 Å². The Morgan fingerprint density at radius 3 is 2.89 bits per heavy atom. The van der Waals surface area contributed by atoms with Crippen molar-refractivity contribution in [1.82, 2.24) is 5.32 Å². The van der Waals surface area contributed by atoms with Crippen LogP contribution in [0.25, 0.3) is 0 Å². The summed E-state index contributed by atoms with van der Waals surface area (Å²) in [6.45, 7) is 0.390. The zero-order chi connectivity index (χ0) is 13.1. The number of aliphatic hydroxyl groups is 1. The Kier molecular flexibility index (Phi) is 4.35. The third-order valence-corrected chi connectivity index (χ3v) is 3.99. The molecule has 1 aromatic rings. The van der Waals surface area contributed by atoms with Crippen molar-refractivity contribution in [3.8, 4) is 0 Å². The number of aliphatic hydroxyl groups excluding tert-OH is 1. The summed E-state index contributed by atoms with van der Waals surface area (Å²) in [6.07, 6.45) is 2.31. The van der Waals surface area contributed by atoms with Crippen molar-refractivity contribution in [3.05, 3.63) is 34.1 Å². The first-order valence-electron chi connectivity index (χ1n) is 6.00. The van der Waals surface area contributed by atoms with E-state index in [1.165, 1.54) is 12.1 Å². The van der Waals surface area contributed by atoms with Crippen LogP contribution in [0, 0.1) is 11.7 Å². The molecule has 0 aliphatic heterocycles. The monoisotopic (exact) mass is 315 g/mol. The summed E-state index contributed by atoms with van der Waals surface area (Å²) in [4.78, 5) is 11.9. The summed E-state index contributed by atoms with van der Waals surface area (Å²) < 4.78 is 14.0. The molecule has 0 radical (unpaired) electrons. The molecular weight excluding hydrogens is 301 g/mol. The fourth-order valence-corrected chi connectivity index (χ4v) is 2.80. The number of halogens is 2. The Morgan fingerprint density at radius 1 is 1.50 bits per heavy atom. The van der Waals surface area contributed by atoms with E-state index in [4.69, 9.17) is 0 Å². The Bertz CT molecular complexity index is 432. The van der Waals surface area contributed by atoms with Crippen molar-refractivity contribution in [3.63, 3.8) is 0 Å². The van der Waals surface area contributed by atoms with Crippen LogP contribution < -0.4 is 5.32 Å². The average Bonchev–Trinajstić information content (AvgIpc) is 2.72. The third kappa shape index (κ3) is 2.90. The quantitative estimate of drug-likeness (QED) is 0.900. The molecule has 1 fully saturated rings. The van der Waals surface area contributed by atoms with Crippen LogP contribution in [0.3, 0.4) is 0 Å². The van der Waals surface area contributed by atoms with E-state index in [2.05, 4.69) is 21.2 Å². The fraction of sp³-hybridized carbons (Fsp3) is 0.462.